The normalized spacial score (nSPS) is 14.4. The highest BCUT2D eigenvalue weighted by Crippen LogP contribution is 2.30. The molecule has 3 heterocycles. The molecule has 2 aromatic carbocycles. The number of amides is 2. The first kappa shape index (κ1) is 43.6. The molecule has 0 bridgehead atoms. The summed E-state index contributed by atoms with van der Waals surface area (Å²) in [5.41, 5.74) is 2.90. The van der Waals surface area contributed by atoms with E-state index in [0.717, 1.165) is 56.1 Å². The van der Waals surface area contributed by atoms with Crippen LogP contribution in [0.1, 0.15) is 91.9 Å². The summed E-state index contributed by atoms with van der Waals surface area (Å²) >= 11 is 2.67. The van der Waals surface area contributed by atoms with E-state index >= 15 is 0 Å². The maximum absolute atomic E-state index is 13.4. The lowest BCUT2D eigenvalue weighted by atomic mass is 10.0. The van der Waals surface area contributed by atoms with Gasteiger partial charge in [0.2, 0.25) is 31.9 Å². The van der Waals surface area contributed by atoms with Gasteiger partial charge in [0.1, 0.15) is 0 Å². The molecule has 56 heavy (non-hydrogen) atoms. The topological polar surface area (TPSA) is 159 Å². The van der Waals surface area contributed by atoms with Gasteiger partial charge in [0.15, 0.2) is 10.3 Å². The number of hydrogen-bond donors (Lipinski definition) is 2. The SMILES string of the molecule is CCC(CC)C(=O)Nc1nc(-c2ccc(S(=O)(=O)N(CC)CCCCCCCC(=O)Nc3nc(-c4ccc(S(=O)(=O)N5CCC(C)CC5)cc4)cs3)cc2)cs1. The highest BCUT2D eigenvalue weighted by Gasteiger charge is 2.28. The molecule has 0 saturated carbocycles. The lowest BCUT2D eigenvalue weighted by molar-refractivity contribution is -0.120. The van der Waals surface area contributed by atoms with Gasteiger partial charge in [-0.05, 0) is 68.7 Å². The van der Waals surface area contributed by atoms with E-state index in [1.54, 1.807) is 52.8 Å². The van der Waals surface area contributed by atoms with Crippen LogP contribution in [-0.4, -0.2) is 73.4 Å². The molecule has 0 aliphatic carbocycles. The fourth-order valence-electron chi connectivity index (χ4n) is 6.65. The van der Waals surface area contributed by atoms with Crippen LogP contribution < -0.4 is 10.6 Å². The summed E-state index contributed by atoms with van der Waals surface area (Å²) in [6.07, 6.45) is 7.64. The molecule has 1 saturated heterocycles. The van der Waals surface area contributed by atoms with Crippen LogP contribution in [0.2, 0.25) is 0 Å². The summed E-state index contributed by atoms with van der Waals surface area (Å²) in [4.78, 5) is 34.6. The van der Waals surface area contributed by atoms with Crippen molar-refractivity contribution in [2.24, 2.45) is 11.8 Å². The molecule has 0 spiro atoms. The highest BCUT2D eigenvalue weighted by atomic mass is 32.2. The van der Waals surface area contributed by atoms with Crippen molar-refractivity contribution in [3.05, 3.63) is 59.3 Å². The van der Waals surface area contributed by atoms with Crippen LogP contribution in [0.3, 0.4) is 0 Å². The number of nitrogens with zero attached hydrogens (tertiary/aromatic N) is 4. The standard InChI is InChI=1S/C40H54N6O6S4/c1-5-30(6-2)38(48)44-40-42-36(28-54-40)32-14-18-33(19-15-32)55(49,50)45(7-3)24-12-10-8-9-11-13-37(47)43-39-41-35(27-53-39)31-16-20-34(21-17-31)56(51,52)46-25-22-29(4)23-26-46/h14-21,27-30H,5-13,22-26H2,1-4H3,(H,41,43,47)(H,42,44,48). The first-order chi connectivity index (χ1) is 26.8. The fraction of sp³-hybridized carbons (Fsp3) is 0.500. The fourth-order valence-corrected chi connectivity index (χ4v) is 11.1. The second-order valence-electron chi connectivity index (χ2n) is 14.3. The smallest absolute Gasteiger partial charge is 0.243 e. The van der Waals surface area contributed by atoms with Crippen molar-refractivity contribution < 1.29 is 26.4 Å². The van der Waals surface area contributed by atoms with Crippen molar-refractivity contribution in [2.45, 2.75) is 102 Å². The van der Waals surface area contributed by atoms with Gasteiger partial charge in [0.05, 0.1) is 21.2 Å². The summed E-state index contributed by atoms with van der Waals surface area (Å²) in [7, 11) is -7.19. The van der Waals surface area contributed by atoms with E-state index in [-0.39, 0.29) is 27.5 Å². The number of rotatable bonds is 20. The van der Waals surface area contributed by atoms with Gasteiger partial charge in [-0.1, -0.05) is 71.2 Å². The quantitative estimate of drug-likeness (QED) is 0.0837. The average molecular weight is 843 g/mol. The molecule has 2 N–H and O–H groups in total. The Morgan fingerprint density at radius 3 is 1.84 bits per heavy atom. The number of thiazole rings is 2. The maximum atomic E-state index is 13.4. The van der Waals surface area contributed by atoms with Gasteiger partial charge < -0.3 is 10.6 Å². The molecule has 0 radical (unpaired) electrons. The van der Waals surface area contributed by atoms with Gasteiger partial charge in [0, 0.05) is 60.4 Å². The number of aromatic nitrogens is 2. The Kier molecular flexibility index (Phi) is 15.8. The molecule has 4 aromatic rings. The van der Waals surface area contributed by atoms with Crippen LogP contribution in [-0.2, 0) is 29.6 Å². The van der Waals surface area contributed by atoms with Gasteiger partial charge in [0.25, 0.3) is 0 Å². The predicted molar refractivity (Wildman–Crippen MR) is 226 cm³/mol. The van der Waals surface area contributed by atoms with E-state index in [4.69, 9.17) is 0 Å². The van der Waals surface area contributed by atoms with Crippen molar-refractivity contribution in [3.63, 3.8) is 0 Å². The number of nitrogens with one attached hydrogen (secondary N) is 2. The second-order valence-corrected chi connectivity index (χ2v) is 19.9. The number of carbonyl (C=O) groups excluding carboxylic acids is 2. The van der Waals surface area contributed by atoms with Crippen LogP contribution in [0.5, 0.6) is 0 Å². The Hall–Kier alpha value is -3.54. The zero-order chi connectivity index (χ0) is 40.3. The summed E-state index contributed by atoms with van der Waals surface area (Å²) < 4.78 is 56.1. The van der Waals surface area contributed by atoms with Gasteiger partial charge in [-0.2, -0.15) is 8.61 Å². The third-order valence-corrected chi connectivity index (χ3v) is 15.7. The largest absolute Gasteiger partial charge is 0.302 e. The zero-order valence-electron chi connectivity index (χ0n) is 32.7. The van der Waals surface area contributed by atoms with E-state index in [0.29, 0.717) is 73.0 Å². The molecular weight excluding hydrogens is 789 g/mol. The summed E-state index contributed by atoms with van der Waals surface area (Å²) in [5, 5.41) is 10.5. The third kappa shape index (κ3) is 11.3. The van der Waals surface area contributed by atoms with Crippen LogP contribution in [0.4, 0.5) is 10.3 Å². The molecule has 16 heteroatoms. The zero-order valence-corrected chi connectivity index (χ0v) is 36.0. The van der Waals surface area contributed by atoms with Crippen molar-refractivity contribution >= 4 is 64.8 Å². The number of hydrogen-bond acceptors (Lipinski definition) is 10. The highest BCUT2D eigenvalue weighted by molar-refractivity contribution is 7.89. The molecule has 304 valence electrons. The third-order valence-electron chi connectivity index (χ3n) is 10.3. The number of piperidine rings is 1. The van der Waals surface area contributed by atoms with Gasteiger partial charge >= 0.3 is 0 Å². The lowest BCUT2D eigenvalue weighted by Gasteiger charge is -2.29. The van der Waals surface area contributed by atoms with E-state index in [1.165, 1.54) is 27.0 Å². The van der Waals surface area contributed by atoms with Crippen molar-refractivity contribution in [2.75, 3.05) is 36.8 Å². The van der Waals surface area contributed by atoms with Crippen LogP contribution in [0.15, 0.2) is 69.1 Å². The van der Waals surface area contributed by atoms with E-state index in [2.05, 4.69) is 27.5 Å². The van der Waals surface area contributed by atoms with Gasteiger partial charge in [-0.3, -0.25) is 9.59 Å². The first-order valence-corrected chi connectivity index (χ1v) is 24.2. The van der Waals surface area contributed by atoms with Gasteiger partial charge in [-0.15, -0.1) is 22.7 Å². The Bertz CT molecular complexity index is 2110. The van der Waals surface area contributed by atoms with E-state index in [1.807, 2.05) is 31.5 Å². The number of unbranched alkanes of at least 4 members (excludes halogenated alkanes) is 4. The van der Waals surface area contributed by atoms with Crippen LogP contribution in [0, 0.1) is 11.8 Å². The lowest BCUT2D eigenvalue weighted by Crippen LogP contribution is -2.37. The molecular formula is C40H54N6O6S4. The number of benzene rings is 2. The molecule has 0 unspecified atom stereocenters. The molecule has 1 fully saturated rings. The van der Waals surface area contributed by atoms with Crippen molar-refractivity contribution in [1.82, 2.24) is 18.6 Å². The Morgan fingerprint density at radius 2 is 1.29 bits per heavy atom. The molecule has 1 aliphatic rings. The minimum Gasteiger partial charge on any atom is -0.302 e. The molecule has 2 aromatic heterocycles. The number of anilines is 2. The Labute approximate surface area is 340 Å². The van der Waals surface area contributed by atoms with Crippen LogP contribution >= 0.6 is 22.7 Å². The second kappa shape index (κ2) is 20.2. The summed E-state index contributed by atoms with van der Waals surface area (Å²) in [5.74, 6) is 0.333. The molecule has 2 amide bonds. The first-order valence-electron chi connectivity index (χ1n) is 19.6. The number of sulfonamides is 2. The predicted octanol–water partition coefficient (Wildman–Crippen LogP) is 8.72. The van der Waals surface area contributed by atoms with Crippen molar-refractivity contribution in [3.8, 4) is 22.5 Å². The van der Waals surface area contributed by atoms with E-state index in [9.17, 15) is 26.4 Å². The monoisotopic (exact) mass is 842 g/mol. The van der Waals surface area contributed by atoms with Crippen LogP contribution in [0.25, 0.3) is 22.5 Å². The van der Waals surface area contributed by atoms with Gasteiger partial charge in [-0.25, -0.2) is 26.8 Å². The number of carbonyl (C=O) groups is 2. The van der Waals surface area contributed by atoms with Crippen molar-refractivity contribution in [1.29, 1.82) is 0 Å². The van der Waals surface area contributed by atoms with E-state index < -0.39 is 20.0 Å². The summed E-state index contributed by atoms with van der Waals surface area (Å²) in [6.45, 7) is 9.82. The Balaban J connectivity index is 1.00. The molecule has 12 nitrogen and oxygen atoms in total. The molecule has 0 atom stereocenters. The summed E-state index contributed by atoms with van der Waals surface area (Å²) in [6, 6.07) is 13.5. The molecule has 1 aliphatic heterocycles. The minimum atomic E-state index is -3.67. The maximum Gasteiger partial charge on any atom is 0.243 e. The molecule has 5 rings (SSSR count). The average Bonchev–Trinajstić information content (AvgIpc) is 3.86. The Morgan fingerprint density at radius 1 is 0.768 bits per heavy atom. The minimum absolute atomic E-state index is 0.0387.